The number of hydrogen-bond acceptors (Lipinski definition) is 1. The molecular weight excluding hydrogens is 200 g/mol. The van der Waals surface area contributed by atoms with Crippen molar-refractivity contribution < 1.29 is 4.79 Å². The van der Waals surface area contributed by atoms with Crippen molar-refractivity contribution in [1.82, 2.24) is 4.98 Å². The average Bonchev–Trinajstić information content (AvgIpc) is 2.69. The standard InChI is InChI=1S/C13H13N2O/c1-13(2)8-15(12(13)16)11-7-14-10-6-4-3-5-9(10)11/h4-7,14H,8H2,1-2H3. The third kappa shape index (κ3) is 1.11. The Bertz CT molecular complexity index is 568. The summed E-state index contributed by atoms with van der Waals surface area (Å²) in [7, 11) is 0. The maximum Gasteiger partial charge on any atom is 0.234 e. The van der Waals surface area contributed by atoms with Crippen LogP contribution in [0, 0.1) is 11.5 Å². The molecule has 1 N–H and O–H groups in total. The number of carbonyl (C=O) groups excluding carboxylic acids is 1. The summed E-state index contributed by atoms with van der Waals surface area (Å²) < 4.78 is 0. The van der Waals surface area contributed by atoms with Crippen LogP contribution in [-0.2, 0) is 4.79 Å². The van der Waals surface area contributed by atoms with Crippen molar-refractivity contribution in [2.45, 2.75) is 13.8 Å². The van der Waals surface area contributed by atoms with E-state index in [0.717, 1.165) is 23.1 Å². The number of rotatable bonds is 1. The van der Waals surface area contributed by atoms with Gasteiger partial charge in [-0.3, -0.25) is 4.79 Å². The highest BCUT2D eigenvalue weighted by Crippen LogP contribution is 2.38. The van der Waals surface area contributed by atoms with Crippen LogP contribution >= 0.6 is 0 Å². The Hall–Kier alpha value is -1.77. The number of fused-ring (bicyclic) bond motifs is 1. The Kier molecular flexibility index (Phi) is 1.70. The van der Waals surface area contributed by atoms with E-state index in [0.29, 0.717) is 0 Å². The summed E-state index contributed by atoms with van der Waals surface area (Å²) >= 11 is 0. The van der Waals surface area contributed by atoms with E-state index < -0.39 is 0 Å². The fourth-order valence-electron chi connectivity index (χ4n) is 2.22. The second-order valence-corrected chi connectivity index (χ2v) is 4.92. The van der Waals surface area contributed by atoms with Crippen LogP contribution in [0.25, 0.3) is 10.9 Å². The van der Waals surface area contributed by atoms with Crippen molar-refractivity contribution in [2.75, 3.05) is 11.4 Å². The van der Waals surface area contributed by atoms with Crippen molar-refractivity contribution in [2.24, 2.45) is 5.41 Å². The third-order valence-electron chi connectivity index (χ3n) is 3.17. The molecule has 0 aliphatic carbocycles. The summed E-state index contributed by atoms with van der Waals surface area (Å²) in [5.41, 5.74) is 1.81. The largest absolute Gasteiger partial charge is 0.359 e. The van der Waals surface area contributed by atoms with Gasteiger partial charge in [-0.05, 0) is 32.0 Å². The van der Waals surface area contributed by atoms with Crippen LogP contribution < -0.4 is 4.90 Å². The molecule has 0 spiro atoms. The minimum atomic E-state index is -0.206. The lowest BCUT2D eigenvalue weighted by Gasteiger charge is -2.44. The summed E-state index contributed by atoms with van der Waals surface area (Å²) in [5.74, 6) is 0.192. The SMILES string of the molecule is CC1(C)CN(c2c[nH]c3cc[c]cc23)C1=O. The smallest absolute Gasteiger partial charge is 0.234 e. The number of nitrogens with zero attached hydrogens (tertiary/aromatic N) is 1. The number of hydrogen-bond donors (Lipinski definition) is 1. The number of β-lactam (4-membered cyclic amide) rings is 1. The van der Waals surface area contributed by atoms with E-state index >= 15 is 0 Å². The van der Waals surface area contributed by atoms with E-state index in [9.17, 15) is 4.79 Å². The van der Waals surface area contributed by atoms with Gasteiger partial charge in [0.25, 0.3) is 0 Å². The molecule has 0 bridgehead atoms. The minimum Gasteiger partial charge on any atom is -0.359 e. The Labute approximate surface area is 94.1 Å². The molecule has 1 aromatic heterocycles. The highest BCUT2D eigenvalue weighted by molar-refractivity contribution is 6.09. The maximum absolute atomic E-state index is 11.9. The average molecular weight is 213 g/mol. The van der Waals surface area contributed by atoms with Gasteiger partial charge in [0.05, 0.1) is 11.1 Å². The number of anilines is 1. The second-order valence-electron chi connectivity index (χ2n) is 4.92. The molecule has 2 heterocycles. The van der Waals surface area contributed by atoms with Crippen LogP contribution in [0.1, 0.15) is 13.8 Å². The number of aromatic nitrogens is 1. The minimum absolute atomic E-state index is 0.192. The summed E-state index contributed by atoms with van der Waals surface area (Å²) in [5, 5.41) is 1.06. The van der Waals surface area contributed by atoms with Crippen LogP contribution in [0.15, 0.2) is 24.4 Å². The first-order chi connectivity index (χ1) is 7.59. The number of carbonyl (C=O) groups is 1. The molecule has 1 fully saturated rings. The van der Waals surface area contributed by atoms with E-state index in [1.165, 1.54) is 0 Å². The predicted molar refractivity (Wildman–Crippen MR) is 63.3 cm³/mol. The molecule has 81 valence electrons. The topological polar surface area (TPSA) is 36.1 Å². The molecule has 1 aliphatic heterocycles. The molecule has 1 radical (unpaired) electrons. The van der Waals surface area contributed by atoms with Gasteiger partial charge >= 0.3 is 0 Å². The van der Waals surface area contributed by atoms with E-state index in [4.69, 9.17) is 0 Å². The van der Waals surface area contributed by atoms with Crippen molar-refractivity contribution >= 4 is 22.5 Å². The molecule has 1 saturated heterocycles. The molecule has 16 heavy (non-hydrogen) atoms. The molecule has 3 nitrogen and oxygen atoms in total. The molecule has 2 aromatic rings. The third-order valence-corrected chi connectivity index (χ3v) is 3.17. The van der Waals surface area contributed by atoms with Gasteiger partial charge in [-0.25, -0.2) is 0 Å². The number of H-pyrrole nitrogens is 1. The summed E-state index contributed by atoms with van der Waals surface area (Å²) in [4.78, 5) is 16.9. The summed E-state index contributed by atoms with van der Waals surface area (Å²) in [6, 6.07) is 8.79. The van der Waals surface area contributed by atoms with Crippen molar-refractivity contribution in [3.05, 3.63) is 30.5 Å². The Morgan fingerprint density at radius 2 is 2.31 bits per heavy atom. The van der Waals surface area contributed by atoms with Gasteiger partial charge in [0.2, 0.25) is 5.91 Å². The Morgan fingerprint density at radius 3 is 3.00 bits per heavy atom. The zero-order valence-electron chi connectivity index (χ0n) is 9.37. The normalized spacial score (nSPS) is 18.9. The fourth-order valence-corrected chi connectivity index (χ4v) is 2.22. The number of benzene rings is 1. The highest BCUT2D eigenvalue weighted by Gasteiger charge is 2.45. The molecule has 0 atom stereocenters. The summed E-state index contributed by atoms with van der Waals surface area (Å²) in [6.07, 6.45) is 1.89. The first-order valence-electron chi connectivity index (χ1n) is 5.39. The molecule has 3 heteroatoms. The monoisotopic (exact) mass is 213 g/mol. The van der Waals surface area contributed by atoms with E-state index in [1.54, 1.807) is 0 Å². The van der Waals surface area contributed by atoms with Gasteiger partial charge in [0.15, 0.2) is 0 Å². The van der Waals surface area contributed by atoms with Gasteiger partial charge in [-0.15, -0.1) is 0 Å². The van der Waals surface area contributed by atoms with Crippen LogP contribution in [-0.4, -0.2) is 17.4 Å². The molecule has 0 saturated carbocycles. The van der Waals surface area contributed by atoms with Gasteiger partial charge < -0.3 is 9.88 Å². The molecular formula is C13H13N2O. The van der Waals surface area contributed by atoms with Crippen LogP contribution in [0.4, 0.5) is 5.69 Å². The van der Waals surface area contributed by atoms with Crippen molar-refractivity contribution in [3.63, 3.8) is 0 Å². The lowest BCUT2D eigenvalue weighted by Crippen LogP contribution is -2.58. The first kappa shape index (κ1) is 9.46. The second kappa shape index (κ2) is 2.88. The zero-order valence-corrected chi connectivity index (χ0v) is 9.37. The van der Waals surface area contributed by atoms with Crippen LogP contribution in [0.5, 0.6) is 0 Å². The lowest BCUT2D eigenvalue weighted by atomic mass is 9.83. The molecule has 3 rings (SSSR count). The van der Waals surface area contributed by atoms with E-state index in [2.05, 4.69) is 11.1 Å². The van der Waals surface area contributed by atoms with E-state index in [-0.39, 0.29) is 11.3 Å². The zero-order chi connectivity index (χ0) is 11.3. The molecule has 1 amide bonds. The Balaban J connectivity index is 2.06. The number of amides is 1. The quantitative estimate of drug-likeness (QED) is 0.725. The van der Waals surface area contributed by atoms with Gasteiger partial charge in [0.1, 0.15) is 0 Å². The van der Waals surface area contributed by atoms with Gasteiger partial charge in [-0.2, -0.15) is 0 Å². The van der Waals surface area contributed by atoms with Gasteiger partial charge in [-0.1, -0.05) is 6.07 Å². The maximum atomic E-state index is 11.9. The van der Waals surface area contributed by atoms with Crippen molar-refractivity contribution in [1.29, 1.82) is 0 Å². The van der Waals surface area contributed by atoms with Gasteiger partial charge in [0, 0.05) is 23.6 Å². The molecule has 1 aromatic carbocycles. The number of aromatic amines is 1. The Morgan fingerprint density at radius 1 is 1.50 bits per heavy atom. The van der Waals surface area contributed by atoms with Crippen LogP contribution in [0.3, 0.4) is 0 Å². The highest BCUT2D eigenvalue weighted by atomic mass is 16.2. The summed E-state index contributed by atoms with van der Waals surface area (Å²) in [6.45, 7) is 4.74. The first-order valence-corrected chi connectivity index (χ1v) is 5.39. The van der Waals surface area contributed by atoms with E-state index in [1.807, 2.05) is 43.1 Å². The predicted octanol–water partition coefficient (Wildman–Crippen LogP) is 2.34. The van der Waals surface area contributed by atoms with Crippen molar-refractivity contribution in [3.8, 4) is 0 Å². The molecule has 1 aliphatic rings. The molecule has 0 unspecified atom stereocenters. The lowest BCUT2D eigenvalue weighted by molar-refractivity contribution is -0.132. The fraction of sp³-hybridized carbons (Fsp3) is 0.308. The van der Waals surface area contributed by atoms with Crippen LogP contribution in [0.2, 0.25) is 0 Å². The number of nitrogens with one attached hydrogen (secondary N) is 1.